The second kappa shape index (κ2) is 9.13. The molecule has 0 aliphatic carbocycles. The summed E-state index contributed by atoms with van der Waals surface area (Å²) in [6.07, 6.45) is 4.01. The summed E-state index contributed by atoms with van der Waals surface area (Å²) in [5.41, 5.74) is 3.49. The number of hydrogen-bond acceptors (Lipinski definition) is 4. The first-order chi connectivity index (χ1) is 15.3. The van der Waals surface area contributed by atoms with Crippen molar-refractivity contribution in [2.75, 3.05) is 19.9 Å². The molecule has 158 valence electrons. The lowest BCUT2D eigenvalue weighted by Gasteiger charge is -2.37. The predicted molar refractivity (Wildman–Crippen MR) is 124 cm³/mol. The second-order valence-corrected chi connectivity index (χ2v) is 8.40. The highest BCUT2D eigenvalue weighted by atomic mass is 35.5. The molecule has 0 spiro atoms. The first kappa shape index (κ1) is 20.1. The summed E-state index contributed by atoms with van der Waals surface area (Å²) < 4.78 is 10.8. The Labute approximate surface area is 188 Å². The van der Waals surface area contributed by atoms with E-state index in [9.17, 15) is 0 Å². The molecule has 1 unspecified atom stereocenters. The lowest BCUT2D eigenvalue weighted by molar-refractivity contribution is 0.174. The fourth-order valence-corrected chi connectivity index (χ4v) is 4.64. The van der Waals surface area contributed by atoms with Gasteiger partial charge in [-0.3, -0.25) is 9.89 Å². The van der Waals surface area contributed by atoms with E-state index in [4.69, 9.17) is 26.1 Å². The van der Waals surface area contributed by atoms with E-state index in [0.717, 1.165) is 53.6 Å². The first-order valence-electron chi connectivity index (χ1n) is 10.7. The lowest BCUT2D eigenvalue weighted by Crippen LogP contribution is -2.38. The third-order valence-electron chi connectivity index (χ3n) is 6.01. The van der Waals surface area contributed by atoms with Crippen molar-refractivity contribution in [2.45, 2.75) is 24.9 Å². The van der Waals surface area contributed by atoms with Gasteiger partial charge in [-0.2, -0.15) is 0 Å². The van der Waals surface area contributed by atoms with Crippen LogP contribution in [-0.2, 0) is 0 Å². The van der Waals surface area contributed by atoms with Crippen LogP contribution in [0.4, 0.5) is 0 Å². The fraction of sp³-hybridized carbons (Fsp3) is 0.269. The SMILES string of the molecule is Clc1ccccc1C(c1ccccc1)N1CCC(/N=C\c2ccc3c(c2)OCO3)CC1. The van der Waals surface area contributed by atoms with Gasteiger partial charge in [0.25, 0.3) is 0 Å². The average molecular weight is 433 g/mol. The first-order valence-corrected chi connectivity index (χ1v) is 11.1. The molecular formula is C26H25ClN2O2. The van der Waals surface area contributed by atoms with Gasteiger partial charge in [-0.15, -0.1) is 0 Å². The van der Waals surface area contributed by atoms with E-state index in [1.54, 1.807) is 0 Å². The maximum atomic E-state index is 6.61. The van der Waals surface area contributed by atoms with Crippen LogP contribution >= 0.6 is 11.6 Å². The van der Waals surface area contributed by atoms with Gasteiger partial charge in [0.2, 0.25) is 6.79 Å². The molecule has 4 nitrogen and oxygen atoms in total. The Kier molecular flexibility index (Phi) is 5.92. The van der Waals surface area contributed by atoms with Gasteiger partial charge in [0, 0.05) is 24.3 Å². The molecule has 3 aromatic carbocycles. The van der Waals surface area contributed by atoms with Crippen molar-refractivity contribution in [3.8, 4) is 11.5 Å². The smallest absolute Gasteiger partial charge is 0.231 e. The highest BCUT2D eigenvalue weighted by Crippen LogP contribution is 2.35. The van der Waals surface area contributed by atoms with Crippen molar-refractivity contribution in [1.29, 1.82) is 0 Å². The minimum atomic E-state index is 0.161. The topological polar surface area (TPSA) is 34.1 Å². The van der Waals surface area contributed by atoms with Crippen LogP contribution in [0.1, 0.15) is 35.6 Å². The molecule has 2 aliphatic rings. The number of fused-ring (bicyclic) bond motifs is 1. The monoisotopic (exact) mass is 432 g/mol. The zero-order valence-corrected chi connectivity index (χ0v) is 18.0. The quantitative estimate of drug-likeness (QED) is 0.482. The normalized spacial score (nSPS) is 17.8. The van der Waals surface area contributed by atoms with Gasteiger partial charge in [0.1, 0.15) is 0 Å². The van der Waals surface area contributed by atoms with Crippen LogP contribution in [-0.4, -0.2) is 37.0 Å². The van der Waals surface area contributed by atoms with Crippen LogP contribution < -0.4 is 9.47 Å². The molecule has 2 aliphatic heterocycles. The molecule has 2 heterocycles. The van der Waals surface area contributed by atoms with Crippen LogP contribution in [0.3, 0.4) is 0 Å². The molecule has 5 rings (SSSR count). The Balaban J connectivity index is 1.29. The molecular weight excluding hydrogens is 408 g/mol. The van der Waals surface area contributed by atoms with Crippen molar-refractivity contribution >= 4 is 17.8 Å². The van der Waals surface area contributed by atoms with Crippen LogP contribution in [0, 0.1) is 0 Å². The Bertz CT molecular complexity index is 1060. The number of nitrogens with zero attached hydrogens (tertiary/aromatic N) is 2. The number of benzene rings is 3. The van der Waals surface area contributed by atoms with Gasteiger partial charge >= 0.3 is 0 Å². The van der Waals surface area contributed by atoms with Crippen LogP contribution in [0.5, 0.6) is 11.5 Å². The summed E-state index contributed by atoms with van der Waals surface area (Å²) in [6, 6.07) is 25.3. The van der Waals surface area contributed by atoms with Gasteiger partial charge in [-0.05, 0) is 53.8 Å². The van der Waals surface area contributed by atoms with E-state index in [1.807, 2.05) is 36.5 Å². The summed E-state index contributed by atoms with van der Waals surface area (Å²) in [6.45, 7) is 2.25. The molecule has 3 aromatic rings. The van der Waals surface area contributed by atoms with E-state index in [1.165, 1.54) is 5.56 Å². The summed E-state index contributed by atoms with van der Waals surface area (Å²) in [7, 11) is 0. The molecule has 5 heteroatoms. The van der Waals surface area contributed by atoms with E-state index in [-0.39, 0.29) is 6.04 Å². The van der Waals surface area contributed by atoms with Gasteiger partial charge in [0.15, 0.2) is 11.5 Å². The number of aliphatic imine (C=N–C) groups is 1. The second-order valence-electron chi connectivity index (χ2n) is 7.99. The molecule has 1 fully saturated rings. The molecule has 1 atom stereocenters. The van der Waals surface area contributed by atoms with E-state index >= 15 is 0 Å². The summed E-state index contributed by atoms with van der Waals surface area (Å²) in [5, 5.41) is 0.819. The number of halogens is 1. The zero-order chi connectivity index (χ0) is 21.0. The van der Waals surface area contributed by atoms with Crippen LogP contribution in [0.15, 0.2) is 77.8 Å². The Morgan fingerprint density at radius 2 is 1.65 bits per heavy atom. The summed E-state index contributed by atoms with van der Waals surface area (Å²) in [4.78, 5) is 7.39. The van der Waals surface area contributed by atoms with Crippen molar-refractivity contribution in [3.63, 3.8) is 0 Å². The molecule has 0 radical (unpaired) electrons. The van der Waals surface area contributed by atoms with E-state index in [2.05, 4.69) is 47.4 Å². The van der Waals surface area contributed by atoms with Crippen molar-refractivity contribution in [1.82, 2.24) is 4.90 Å². The minimum absolute atomic E-state index is 0.161. The zero-order valence-electron chi connectivity index (χ0n) is 17.3. The summed E-state index contributed by atoms with van der Waals surface area (Å²) >= 11 is 6.61. The molecule has 1 saturated heterocycles. The lowest BCUT2D eigenvalue weighted by atomic mass is 9.94. The molecule has 0 N–H and O–H groups in total. The molecule has 0 aromatic heterocycles. The number of piperidine rings is 1. The largest absolute Gasteiger partial charge is 0.454 e. The Morgan fingerprint density at radius 1 is 0.903 bits per heavy atom. The number of likely N-dealkylation sites (tertiary alicyclic amines) is 1. The van der Waals surface area contributed by atoms with Gasteiger partial charge in [-0.25, -0.2) is 0 Å². The van der Waals surface area contributed by atoms with Gasteiger partial charge < -0.3 is 9.47 Å². The van der Waals surface area contributed by atoms with Crippen LogP contribution in [0.2, 0.25) is 5.02 Å². The van der Waals surface area contributed by atoms with Crippen molar-refractivity contribution in [3.05, 3.63) is 94.5 Å². The molecule has 0 bridgehead atoms. The van der Waals surface area contributed by atoms with E-state index in [0.29, 0.717) is 12.8 Å². The maximum absolute atomic E-state index is 6.61. The molecule has 31 heavy (non-hydrogen) atoms. The molecule has 0 saturated carbocycles. The van der Waals surface area contributed by atoms with Gasteiger partial charge in [-0.1, -0.05) is 60.1 Å². The summed E-state index contributed by atoms with van der Waals surface area (Å²) in [5.74, 6) is 1.60. The standard InChI is InChI=1S/C26H25ClN2O2/c27-23-9-5-4-8-22(23)26(20-6-2-1-3-7-20)29-14-12-21(13-15-29)28-17-19-10-11-24-25(16-19)31-18-30-24/h1-11,16-17,21,26H,12-15,18H2/b28-17-. The highest BCUT2D eigenvalue weighted by Gasteiger charge is 2.28. The van der Waals surface area contributed by atoms with Crippen molar-refractivity contribution in [2.24, 2.45) is 4.99 Å². The number of ether oxygens (including phenoxy) is 2. The highest BCUT2D eigenvalue weighted by molar-refractivity contribution is 6.31. The van der Waals surface area contributed by atoms with E-state index < -0.39 is 0 Å². The average Bonchev–Trinajstić information content (AvgIpc) is 3.29. The molecule has 0 amide bonds. The predicted octanol–water partition coefficient (Wildman–Crippen LogP) is 5.74. The third kappa shape index (κ3) is 4.46. The number of hydrogen-bond donors (Lipinski definition) is 0. The fourth-order valence-electron chi connectivity index (χ4n) is 4.40. The third-order valence-corrected chi connectivity index (χ3v) is 6.35. The Morgan fingerprint density at radius 3 is 2.45 bits per heavy atom. The van der Waals surface area contributed by atoms with Gasteiger partial charge in [0.05, 0.1) is 12.1 Å². The Hall–Kier alpha value is -2.82. The minimum Gasteiger partial charge on any atom is -0.454 e. The van der Waals surface area contributed by atoms with Crippen molar-refractivity contribution < 1.29 is 9.47 Å². The maximum Gasteiger partial charge on any atom is 0.231 e. The van der Waals surface area contributed by atoms with Crippen LogP contribution in [0.25, 0.3) is 0 Å². The number of rotatable bonds is 5.